The molecule has 1 unspecified atom stereocenters. The molecule has 0 radical (unpaired) electrons. The monoisotopic (exact) mass is 194 g/mol. The Morgan fingerprint density at radius 1 is 1.36 bits per heavy atom. The van der Waals surface area contributed by atoms with Gasteiger partial charge in [0.1, 0.15) is 12.0 Å². The van der Waals surface area contributed by atoms with Crippen molar-refractivity contribution in [2.45, 2.75) is 19.6 Å². The fourth-order valence-electron chi connectivity index (χ4n) is 1.04. The minimum absolute atomic E-state index is 0.257. The smallest absolute Gasteiger partial charge is 0.196 e. The van der Waals surface area contributed by atoms with Crippen LogP contribution in [0.2, 0.25) is 0 Å². The SMILES string of the molecule is COC(C)Oc1ccc(CC=O)cc1. The molecule has 1 aromatic carbocycles. The van der Waals surface area contributed by atoms with Crippen LogP contribution in [-0.4, -0.2) is 19.7 Å². The first kappa shape index (κ1) is 10.7. The van der Waals surface area contributed by atoms with Gasteiger partial charge >= 0.3 is 0 Å². The minimum atomic E-state index is -0.257. The van der Waals surface area contributed by atoms with Gasteiger partial charge in [-0.05, 0) is 24.6 Å². The first-order chi connectivity index (χ1) is 6.76. The summed E-state index contributed by atoms with van der Waals surface area (Å²) < 4.78 is 10.3. The fraction of sp³-hybridized carbons (Fsp3) is 0.364. The predicted molar refractivity (Wildman–Crippen MR) is 53.3 cm³/mol. The quantitative estimate of drug-likeness (QED) is 0.529. The molecule has 0 N–H and O–H groups in total. The molecule has 0 aliphatic heterocycles. The van der Waals surface area contributed by atoms with Crippen LogP contribution in [0, 0.1) is 0 Å². The van der Waals surface area contributed by atoms with Gasteiger partial charge in [0.25, 0.3) is 0 Å². The van der Waals surface area contributed by atoms with Gasteiger partial charge in [-0.25, -0.2) is 0 Å². The van der Waals surface area contributed by atoms with E-state index in [1.54, 1.807) is 7.11 Å². The largest absolute Gasteiger partial charge is 0.465 e. The molecular weight excluding hydrogens is 180 g/mol. The topological polar surface area (TPSA) is 35.5 Å². The van der Waals surface area contributed by atoms with Crippen molar-refractivity contribution in [3.63, 3.8) is 0 Å². The molecule has 0 saturated carbocycles. The van der Waals surface area contributed by atoms with Gasteiger partial charge in [-0.1, -0.05) is 12.1 Å². The molecule has 1 atom stereocenters. The number of rotatable bonds is 5. The highest BCUT2D eigenvalue weighted by Crippen LogP contribution is 2.13. The third kappa shape index (κ3) is 3.18. The summed E-state index contributed by atoms with van der Waals surface area (Å²) in [6.45, 7) is 1.82. The molecule has 3 nitrogen and oxygen atoms in total. The maximum absolute atomic E-state index is 10.2. The van der Waals surface area contributed by atoms with Gasteiger partial charge in [-0.15, -0.1) is 0 Å². The highest BCUT2D eigenvalue weighted by Gasteiger charge is 2.00. The zero-order valence-electron chi connectivity index (χ0n) is 8.40. The number of carbonyl (C=O) groups excluding carboxylic acids is 1. The Morgan fingerprint density at radius 3 is 2.50 bits per heavy atom. The van der Waals surface area contributed by atoms with Gasteiger partial charge in [0, 0.05) is 13.5 Å². The predicted octanol–water partition coefficient (Wildman–Crippen LogP) is 1.80. The van der Waals surface area contributed by atoms with E-state index in [1.807, 2.05) is 31.2 Å². The number of hydrogen-bond donors (Lipinski definition) is 0. The number of ether oxygens (including phenoxy) is 2. The Labute approximate surface area is 83.6 Å². The number of carbonyl (C=O) groups is 1. The number of benzene rings is 1. The van der Waals surface area contributed by atoms with Crippen molar-refractivity contribution in [1.82, 2.24) is 0 Å². The van der Waals surface area contributed by atoms with E-state index in [2.05, 4.69) is 0 Å². The second kappa shape index (κ2) is 5.40. The first-order valence-corrected chi connectivity index (χ1v) is 4.48. The van der Waals surface area contributed by atoms with E-state index in [0.29, 0.717) is 6.42 Å². The average molecular weight is 194 g/mol. The van der Waals surface area contributed by atoms with Crippen molar-refractivity contribution in [1.29, 1.82) is 0 Å². The lowest BCUT2D eigenvalue weighted by Crippen LogP contribution is -2.13. The maximum Gasteiger partial charge on any atom is 0.196 e. The fourth-order valence-corrected chi connectivity index (χ4v) is 1.04. The van der Waals surface area contributed by atoms with Crippen molar-refractivity contribution in [2.24, 2.45) is 0 Å². The van der Waals surface area contributed by atoms with Gasteiger partial charge in [-0.3, -0.25) is 0 Å². The summed E-state index contributed by atoms with van der Waals surface area (Å²) in [7, 11) is 1.59. The molecule has 0 saturated heterocycles. The summed E-state index contributed by atoms with van der Waals surface area (Å²) in [6, 6.07) is 7.39. The van der Waals surface area contributed by atoms with Crippen molar-refractivity contribution >= 4 is 6.29 Å². The van der Waals surface area contributed by atoms with Crippen LogP contribution in [0.1, 0.15) is 12.5 Å². The highest BCUT2D eigenvalue weighted by atomic mass is 16.7. The van der Waals surface area contributed by atoms with Crippen LogP contribution in [0.25, 0.3) is 0 Å². The third-order valence-corrected chi connectivity index (χ3v) is 1.88. The number of aldehydes is 1. The van der Waals surface area contributed by atoms with E-state index in [-0.39, 0.29) is 6.29 Å². The molecule has 3 heteroatoms. The van der Waals surface area contributed by atoms with Crippen LogP contribution in [-0.2, 0) is 16.0 Å². The van der Waals surface area contributed by atoms with Gasteiger partial charge in [0.15, 0.2) is 6.29 Å². The second-order valence-corrected chi connectivity index (χ2v) is 2.94. The molecule has 0 bridgehead atoms. The van der Waals surface area contributed by atoms with E-state index in [0.717, 1.165) is 17.6 Å². The van der Waals surface area contributed by atoms with Gasteiger partial charge < -0.3 is 14.3 Å². The molecule has 0 aromatic heterocycles. The molecule has 0 fully saturated rings. The van der Waals surface area contributed by atoms with Crippen LogP contribution in [0.4, 0.5) is 0 Å². The molecule has 1 rings (SSSR count). The highest BCUT2D eigenvalue weighted by molar-refractivity contribution is 5.55. The lowest BCUT2D eigenvalue weighted by Gasteiger charge is -2.12. The van der Waals surface area contributed by atoms with Gasteiger partial charge in [0.2, 0.25) is 0 Å². The van der Waals surface area contributed by atoms with Crippen molar-refractivity contribution in [3.05, 3.63) is 29.8 Å². The van der Waals surface area contributed by atoms with Gasteiger partial charge in [0.05, 0.1) is 0 Å². The molecule has 0 spiro atoms. The maximum atomic E-state index is 10.2. The van der Waals surface area contributed by atoms with Crippen molar-refractivity contribution in [2.75, 3.05) is 7.11 Å². The zero-order valence-corrected chi connectivity index (χ0v) is 8.40. The molecule has 14 heavy (non-hydrogen) atoms. The standard InChI is InChI=1S/C11H14O3/c1-9(13-2)14-11-5-3-10(4-6-11)7-8-12/h3-6,8-9H,7H2,1-2H3. The molecule has 0 amide bonds. The molecular formula is C11H14O3. The summed E-state index contributed by atoms with van der Waals surface area (Å²) in [5.74, 6) is 0.744. The van der Waals surface area contributed by atoms with E-state index in [4.69, 9.17) is 9.47 Å². The van der Waals surface area contributed by atoms with Crippen molar-refractivity contribution in [3.8, 4) is 5.75 Å². The normalized spacial score (nSPS) is 12.1. The summed E-state index contributed by atoms with van der Waals surface area (Å²) >= 11 is 0. The Hall–Kier alpha value is -1.35. The summed E-state index contributed by atoms with van der Waals surface area (Å²) in [5, 5.41) is 0. The van der Waals surface area contributed by atoms with Crippen LogP contribution < -0.4 is 4.74 Å². The molecule has 76 valence electrons. The molecule has 0 aliphatic rings. The van der Waals surface area contributed by atoms with E-state index < -0.39 is 0 Å². The average Bonchev–Trinajstić information content (AvgIpc) is 2.21. The molecule has 1 aromatic rings. The van der Waals surface area contributed by atoms with E-state index in [9.17, 15) is 4.79 Å². The summed E-state index contributed by atoms with van der Waals surface area (Å²) in [4.78, 5) is 10.2. The second-order valence-electron chi connectivity index (χ2n) is 2.94. The lowest BCUT2D eigenvalue weighted by molar-refractivity contribution is -0.107. The Bertz CT molecular complexity index is 279. The molecule has 0 heterocycles. The number of methoxy groups -OCH3 is 1. The Balaban J connectivity index is 2.59. The first-order valence-electron chi connectivity index (χ1n) is 4.48. The lowest BCUT2D eigenvalue weighted by atomic mass is 10.2. The van der Waals surface area contributed by atoms with Gasteiger partial charge in [-0.2, -0.15) is 0 Å². The minimum Gasteiger partial charge on any atom is -0.465 e. The number of hydrogen-bond acceptors (Lipinski definition) is 3. The zero-order chi connectivity index (χ0) is 10.4. The van der Waals surface area contributed by atoms with Crippen LogP contribution in [0.5, 0.6) is 5.75 Å². The van der Waals surface area contributed by atoms with Crippen molar-refractivity contribution < 1.29 is 14.3 Å². The van der Waals surface area contributed by atoms with Crippen LogP contribution in [0.3, 0.4) is 0 Å². The van der Waals surface area contributed by atoms with Crippen LogP contribution in [0.15, 0.2) is 24.3 Å². The summed E-state index contributed by atoms with van der Waals surface area (Å²) in [5.41, 5.74) is 0.984. The third-order valence-electron chi connectivity index (χ3n) is 1.88. The van der Waals surface area contributed by atoms with Crippen LogP contribution >= 0.6 is 0 Å². The van der Waals surface area contributed by atoms with E-state index >= 15 is 0 Å². The molecule has 0 aliphatic carbocycles. The van der Waals surface area contributed by atoms with E-state index in [1.165, 1.54) is 0 Å². The summed E-state index contributed by atoms with van der Waals surface area (Å²) in [6.07, 6.45) is 1.07. The Morgan fingerprint density at radius 2 is 2.00 bits per heavy atom. The Kier molecular flexibility index (Phi) is 4.13.